The normalized spacial score (nSPS) is 36.5. The molecule has 5 rings (SSSR count). The summed E-state index contributed by atoms with van der Waals surface area (Å²) in [5.41, 5.74) is 5.23. The highest BCUT2D eigenvalue weighted by molar-refractivity contribution is 6.09. The van der Waals surface area contributed by atoms with Crippen LogP contribution in [0.25, 0.3) is 21.9 Å². The molecule has 5 unspecified atom stereocenters. The predicted molar refractivity (Wildman–Crippen MR) is 110 cm³/mol. The van der Waals surface area contributed by atoms with Gasteiger partial charge in [0.05, 0.1) is 5.69 Å². The molecule has 0 N–H and O–H groups in total. The molecule has 1 aliphatic heterocycles. The summed E-state index contributed by atoms with van der Waals surface area (Å²) < 4.78 is 6.43. The Morgan fingerprint density at radius 2 is 1.69 bits per heavy atom. The summed E-state index contributed by atoms with van der Waals surface area (Å²) in [5, 5.41) is 2.46. The van der Waals surface area contributed by atoms with E-state index in [1.54, 1.807) is 0 Å². The van der Waals surface area contributed by atoms with E-state index in [-0.39, 0.29) is 5.54 Å². The Labute approximate surface area is 156 Å². The summed E-state index contributed by atoms with van der Waals surface area (Å²) in [5.74, 6) is 1.41. The molecule has 0 spiro atoms. The molecule has 2 aromatic carbocycles. The molecular formula is C24H29NO. The fraction of sp³-hybridized carbons (Fsp3) is 0.500. The molecule has 1 aliphatic carbocycles. The largest absolute Gasteiger partial charge is 0.454 e. The van der Waals surface area contributed by atoms with Gasteiger partial charge in [-0.3, -0.25) is 0 Å². The number of aryl methyl sites for hydroxylation is 1. The van der Waals surface area contributed by atoms with E-state index in [1.807, 2.05) is 0 Å². The van der Waals surface area contributed by atoms with Gasteiger partial charge >= 0.3 is 0 Å². The van der Waals surface area contributed by atoms with Crippen LogP contribution in [-0.4, -0.2) is 11.6 Å². The zero-order chi connectivity index (χ0) is 18.4. The fourth-order valence-corrected chi connectivity index (χ4v) is 6.39. The summed E-state index contributed by atoms with van der Waals surface area (Å²) in [6, 6.07) is 13.4. The van der Waals surface area contributed by atoms with Gasteiger partial charge in [0.15, 0.2) is 5.58 Å². The standard InChI is InChI=1S/C24H29NO/c1-14-11-12-19-18-9-7-8-10-20(18)26-22(19)21(14)25-17(4)23(5)13-24(25,6)16(3)15(23)2/h7-12,15-17H,13H2,1-6H3. The molecule has 2 bridgehead atoms. The van der Waals surface area contributed by atoms with Gasteiger partial charge in [-0.1, -0.05) is 51.1 Å². The lowest BCUT2D eigenvalue weighted by molar-refractivity contribution is 0.148. The van der Waals surface area contributed by atoms with Crippen LogP contribution in [0.5, 0.6) is 0 Å². The second-order valence-electron chi connectivity index (χ2n) is 9.37. The minimum absolute atomic E-state index is 0.186. The fourth-order valence-electron chi connectivity index (χ4n) is 6.39. The third-order valence-electron chi connectivity index (χ3n) is 8.37. The third-order valence-corrected chi connectivity index (χ3v) is 8.37. The molecule has 2 fully saturated rings. The third kappa shape index (κ3) is 1.69. The Kier molecular flexibility index (Phi) is 3.03. The maximum Gasteiger partial charge on any atom is 0.158 e. The number of benzene rings is 2. The maximum atomic E-state index is 6.43. The first-order valence-electron chi connectivity index (χ1n) is 9.99. The van der Waals surface area contributed by atoms with Crippen LogP contribution in [0.3, 0.4) is 0 Å². The van der Waals surface area contributed by atoms with Gasteiger partial charge in [0.25, 0.3) is 0 Å². The molecule has 1 saturated heterocycles. The maximum absolute atomic E-state index is 6.43. The summed E-state index contributed by atoms with van der Waals surface area (Å²) in [4.78, 5) is 2.72. The van der Waals surface area contributed by atoms with Crippen LogP contribution in [0.4, 0.5) is 5.69 Å². The van der Waals surface area contributed by atoms with Gasteiger partial charge in [-0.05, 0) is 56.1 Å². The van der Waals surface area contributed by atoms with Crippen LogP contribution in [-0.2, 0) is 0 Å². The van der Waals surface area contributed by atoms with Crippen molar-refractivity contribution in [2.24, 2.45) is 17.3 Å². The first kappa shape index (κ1) is 16.2. The molecular weight excluding hydrogens is 318 g/mol. The molecule has 1 saturated carbocycles. The van der Waals surface area contributed by atoms with E-state index in [1.165, 1.54) is 28.4 Å². The summed E-state index contributed by atoms with van der Waals surface area (Å²) in [7, 11) is 0. The van der Waals surface area contributed by atoms with Crippen molar-refractivity contribution in [2.75, 3.05) is 4.90 Å². The van der Waals surface area contributed by atoms with Crippen molar-refractivity contribution in [1.82, 2.24) is 0 Å². The van der Waals surface area contributed by atoms with Crippen LogP contribution in [0.1, 0.15) is 46.6 Å². The quantitative estimate of drug-likeness (QED) is 0.496. The number of para-hydroxylation sites is 1. The number of hydrogen-bond donors (Lipinski definition) is 0. The van der Waals surface area contributed by atoms with E-state index in [0.717, 1.165) is 17.1 Å². The van der Waals surface area contributed by atoms with Gasteiger partial charge in [-0.15, -0.1) is 0 Å². The van der Waals surface area contributed by atoms with Gasteiger partial charge in [0.1, 0.15) is 5.58 Å². The van der Waals surface area contributed by atoms with Crippen LogP contribution in [0.15, 0.2) is 40.8 Å². The van der Waals surface area contributed by atoms with Crippen molar-refractivity contribution >= 4 is 27.6 Å². The highest BCUT2D eigenvalue weighted by atomic mass is 16.3. The van der Waals surface area contributed by atoms with E-state index in [9.17, 15) is 0 Å². The minimum atomic E-state index is 0.186. The monoisotopic (exact) mass is 347 g/mol. The molecule has 26 heavy (non-hydrogen) atoms. The Bertz CT molecular complexity index is 1030. The Balaban J connectivity index is 1.81. The van der Waals surface area contributed by atoms with Crippen LogP contribution in [0, 0.1) is 24.2 Å². The molecule has 3 aromatic rings. The zero-order valence-corrected chi connectivity index (χ0v) is 16.8. The number of rotatable bonds is 1. The van der Waals surface area contributed by atoms with Crippen LogP contribution in [0.2, 0.25) is 0 Å². The molecule has 2 aliphatic rings. The van der Waals surface area contributed by atoms with Crippen LogP contribution >= 0.6 is 0 Å². The average Bonchev–Trinajstić information content (AvgIpc) is 3.14. The number of furan rings is 1. The Hall–Kier alpha value is -1.96. The van der Waals surface area contributed by atoms with Gasteiger partial charge in [0, 0.05) is 22.4 Å². The Morgan fingerprint density at radius 1 is 0.962 bits per heavy atom. The molecule has 0 amide bonds. The molecule has 5 atom stereocenters. The van der Waals surface area contributed by atoms with E-state index < -0.39 is 0 Å². The highest BCUT2D eigenvalue weighted by Crippen LogP contribution is 2.65. The number of hydrogen-bond acceptors (Lipinski definition) is 2. The van der Waals surface area contributed by atoms with Crippen molar-refractivity contribution in [3.8, 4) is 0 Å². The van der Waals surface area contributed by atoms with Gasteiger partial charge in [-0.25, -0.2) is 0 Å². The van der Waals surface area contributed by atoms with E-state index >= 15 is 0 Å². The predicted octanol–water partition coefficient (Wildman–Crippen LogP) is 6.54. The first-order valence-corrected chi connectivity index (χ1v) is 9.99. The molecule has 2 nitrogen and oxygen atoms in total. The van der Waals surface area contributed by atoms with Crippen LogP contribution < -0.4 is 4.90 Å². The molecule has 0 radical (unpaired) electrons. The lowest BCUT2D eigenvalue weighted by Gasteiger charge is -2.51. The summed E-state index contributed by atoms with van der Waals surface area (Å²) in [6.07, 6.45) is 1.26. The lowest BCUT2D eigenvalue weighted by Crippen LogP contribution is -2.56. The first-order chi connectivity index (χ1) is 12.3. The van der Waals surface area contributed by atoms with Crippen molar-refractivity contribution in [3.63, 3.8) is 0 Å². The summed E-state index contributed by atoms with van der Waals surface area (Å²) in [6.45, 7) is 14.5. The van der Waals surface area contributed by atoms with Crippen molar-refractivity contribution in [2.45, 2.75) is 59.5 Å². The van der Waals surface area contributed by atoms with Gasteiger partial charge in [0.2, 0.25) is 0 Å². The smallest absolute Gasteiger partial charge is 0.158 e. The number of piperidine rings is 1. The second kappa shape index (κ2) is 4.85. The van der Waals surface area contributed by atoms with Crippen molar-refractivity contribution < 1.29 is 4.42 Å². The van der Waals surface area contributed by atoms with Crippen molar-refractivity contribution in [3.05, 3.63) is 42.0 Å². The number of fused-ring (bicyclic) bond motifs is 5. The topological polar surface area (TPSA) is 16.4 Å². The van der Waals surface area contributed by atoms with Gasteiger partial charge in [-0.2, -0.15) is 0 Å². The average molecular weight is 348 g/mol. The van der Waals surface area contributed by atoms with Crippen molar-refractivity contribution in [1.29, 1.82) is 0 Å². The SMILES string of the molecule is Cc1ccc2c(oc3ccccc32)c1N1C(C)C2(C)CC1(C)C(C)C2C. The molecule has 2 heteroatoms. The number of nitrogens with zero attached hydrogens (tertiary/aromatic N) is 1. The second-order valence-corrected chi connectivity index (χ2v) is 9.37. The van der Waals surface area contributed by atoms with E-state index in [2.05, 4.69) is 82.8 Å². The minimum Gasteiger partial charge on any atom is -0.454 e. The Morgan fingerprint density at radius 3 is 2.42 bits per heavy atom. The molecule has 1 aromatic heterocycles. The molecule has 136 valence electrons. The van der Waals surface area contributed by atoms with E-state index in [4.69, 9.17) is 4.42 Å². The number of anilines is 1. The van der Waals surface area contributed by atoms with E-state index in [0.29, 0.717) is 17.4 Å². The van der Waals surface area contributed by atoms with Gasteiger partial charge < -0.3 is 9.32 Å². The summed E-state index contributed by atoms with van der Waals surface area (Å²) >= 11 is 0. The lowest BCUT2D eigenvalue weighted by atomic mass is 9.71. The molecule has 2 heterocycles. The highest BCUT2D eigenvalue weighted by Gasteiger charge is 2.66. The zero-order valence-electron chi connectivity index (χ0n) is 16.8.